The van der Waals surface area contributed by atoms with Crippen molar-refractivity contribution in [3.05, 3.63) is 59.3 Å². The zero-order valence-electron chi connectivity index (χ0n) is 10.9. The van der Waals surface area contributed by atoms with Crippen LogP contribution in [0.1, 0.15) is 12.5 Å². The molecule has 0 unspecified atom stereocenters. The molecule has 0 amide bonds. The summed E-state index contributed by atoms with van der Waals surface area (Å²) >= 11 is 0. The predicted molar refractivity (Wildman–Crippen MR) is 64.2 cm³/mol. The van der Waals surface area contributed by atoms with Crippen LogP contribution in [-0.2, 0) is 4.79 Å². The van der Waals surface area contributed by atoms with Gasteiger partial charge in [0, 0.05) is 5.56 Å². The zero-order valence-corrected chi connectivity index (χ0v) is 10.9. The molecule has 0 radical (unpaired) electrons. The molecule has 2 aromatic rings. The fourth-order valence-electron chi connectivity index (χ4n) is 1.64. The Morgan fingerprint density at radius 2 is 1.59 bits per heavy atom. The van der Waals surface area contributed by atoms with Gasteiger partial charge in [-0.3, -0.25) is 0 Å². The minimum atomic E-state index is -2.34. The summed E-state index contributed by atoms with van der Waals surface area (Å²) in [6, 6.07) is 1.36. The molecule has 0 saturated heterocycles. The Morgan fingerprint density at radius 1 is 1.05 bits per heavy atom. The van der Waals surface area contributed by atoms with Crippen molar-refractivity contribution < 1.29 is 35.9 Å². The molecule has 8 heteroatoms. The third-order valence-electron chi connectivity index (χ3n) is 2.71. The number of esters is 1. The van der Waals surface area contributed by atoms with Crippen molar-refractivity contribution in [2.75, 3.05) is 0 Å². The lowest BCUT2D eigenvalue weighted by atomic mass is 10.1. The highest BCUT2D eigenvalue weighted by molar-refractivity contribution is 6.17. The lowest BCUT2D eigenvalue weighted by Gasteiger charge is -2.09. The van der Waals surface area contributed by atoms with Gasteiger partial charge in [-0.25, -0.2) is 18.0 Å². The molecular weight excluding hydrogens is 311 g/mol. The fraction of sp³-hybridized carbons (Fsp3) is 0.0714. The third kappa shape index (κ3) is 2.59. The van der Waals surface area contributed by atoms with Crippen LogP contribution >= 0.6 is 0 Å². The van der Waals surface area contributed by atoms with Gasteiger partial charge in [0.05, 0.1) is 18.1 Å². The molecule has 22 heavy (non-hydrogen) atoms. The first kappa shape index (κ1) is 15.7. The topological polar surface area (TPSA) is 39.4 Å². The molecule has 1 heterocycles. The van der Waals surface area contributed by atoms with Crippen molar-refractivity contribution in [2.24, 2.45) is 0 Å². The number of furan rings is 1. The Kier molecular flexibility index (Phi) is 4.30. The van der Waals surface area contributed by atoms with E-state index in [-0.39, 0.29) is 11.1 Å². The summed E-state index contributed by atoms with van der Waals surface area (Å²) in [6.45, 7) is 1.42. The molecule has 3 nitrogen and oxygen atoms in total. The van der Waals surface area contributed by atoms with E-state index in [1.54, 1.807) is 0 Å². The Bertz CT molecular complexity index is 721. The summed E-state index contributed by atoms with van der Waals surface area (Å²) in [5.74, 6) is -14.2. The highest BCUT2D eigenvalue weighted by Crippen LogP contribution is 2.30. The van der Waals surface area contributed by atoms with Crippen LogP contribution in [0.15, 0.2) is 29.1 Å². The molecule has 0 aliphatic rings. The van der Waals surface area contributed by atoms with E-state index in [1.165, 1.54) is 25.3 Å². The van der Waals surface area contributed by atoms with E-state index in [0.717, 1.165) is 6.26 Å². The quantitative estimate of drug-likeness (QED) is 0.215. The molecule has 1 aromatic heterocycles. The molecule has 0 atom stereocenters. The lowest BCUT2D eigenvalue weighted by molar-refractivity contribution is -0.128. The number of carbonyl (C=O) groups excluding carboxylic acids is 1. The smallest absolute Gasteiger partial charge is 0.344 e. The van der Waals surface area contributed by atoms with E-state index in [9.17, 15) is 26.7 Å². The third-order valence-corrected chi connectivity index (χ3v) is 2.71. The Labute approximate surface area is 120 Å². The van der Waals surface area contributed by atoms with Gasteiger partial charge in [0.2, 0.25) is 34.8 Å². The molecule has 0 spiro atoms. The van der Waals surface area contributed by atoms with Gasteiger partial charge in [-0.1, -0.05) is 6.08 Å². The van der Waals surface area contributed by atoms with Gasteiger partial charge in [0.1, 0.15) is 0 Å². The normalized spacial score (nSPS) is 11.6. The number of rotatable bonds is 3. The number of halogens is 5. The van der Waals surface area contributed by atoms with Gasteiger partial charge in [-0.05, 0) is 13.0 Å². The number of hydrogen-bond acceptors (Lipinski definition) is 3. The van der Waals surface area contributed by atoms with Crippen molar-refractivity contribution in [1.29, 1.82) is 0 Å². The second-order valence-electron chi connectivity index (χ2n) is 4.00. The van der Waals surface area contributed by atoms with E-state index in [2.05, 4.69) is 4.74 Å². The van der Waals surface area contributed by atoms with Gasteiger partial charge in [-0.15, -0.1) is 0 Å². The van der Waals surface area contributed by atoms with Gasteiger partial charge in [0.25, 0.3) is 0 Å². The van der Waals surface area contributed by atoms with E-state index in [1.807, 2.05) is 0 Å². The molecule has 116 valence electrons. The average Bonchev–Trinajstić information content (AvgIpc) is 3.02. The fourth-order valence-corrected chi connectivity index (χ4v) is 1.64. The van der Waals surface area contributed by atoms with E-state index in [4.69, 9.17) is 4.42 Å². The summed E-state index contributed by atoms with van der Waals surface area (Å²) in [7, 11) is 0. The molecule has 2 rings (SSSR count). The summed E-state index contributed by atoms with van der Waals surface area (Å²) < 4.78 is 74.9. The van der Waals surface area contributed by atoms with Crippen molar-refractivity contribution in [1.82, 2.24) is 0 Å². The maximum Gasteiger partial charge on any atom is 0.344 e. The molecule has 0 aliphatic heterocycles. The van der Waals surface area contributed by atoms with Gasteiger partial charge in [0.15, 0.2) is 0 Å². The number of benzene rings is 1. The minimum Gasteiger partial charge on any atom is -0.472 e. The Morgan fingerprint density at radius 3 is 2.05 bits per heavy atom. The second-order valence-corrected chi connectivity index (χ2v) is 4.00. The van der Waals surface area contributed by atoms with E-state index < -0.39 is 40.8 Å². The number of hydrogen-bond donors (Lipinski definition) is 0. The average molecular weight is 318 g/mol. The van der Waals surface area contributed by atoms with Crippen molar-refractivity contribution in [3.63, 3.8) is 0 Å². The van der Waals surface area contributed by atoms with E-state index in [0.29, 0.717) is 0 Å². The molecule has 0 aliphatic carbocycles. The monoisotopic (exact) mass is 318 g/mol. The summed E-state index contributed by atoms with van der Waals surface area (Å²) in [4.78, 5) is 11.8. The van der Waals surface area contributed by atoms with Gasteiger partial charge >= 0.3 is 5.97 Å². The van der Waals surface area contributed by atoms with Crippen molar-refractivity contribution >= 4 is 11.5 Å². The van der Waals surface area contributed by atoms with Gasteiger partial charge in [-0.2, -0.15) is 8.78 Å². The zero-order chi connectivity index (χ0) is 16.4. The van der Waals surface area contributed by atoms with Gasteiger partial charge < -0.3 is 9.15 Å². The number of allylic oxidation sites excluding steroid dienone is 1. The first-order chi connectivity index (χ1) is 10.4. The van der Waals surface area contributed by atoms with Crippen LogP contribution in [0.25, 0.3) is 5.57 Å². The first-order valence-electron chi connectivity index (χ1n) is 5.81. The first-order valence-corrected chi connectivity index (χ1v) is 5.81. The Balaban J connectivity index is 2.41. The lowest BCUT2D eigenvalue weighted by Crippen LogP contribution is -2.14. The van der Waals surface area contributed by atoms with Crippen LogP contribution in [0.2, 0.25) is 0 Å². The number of carbonyl (C=O) groups is 1. The molecule has 0 bridgehead atoms. The predicted octanol–water partition coefficient (Wildman–Crippen LogP) is 3.98. The van der Waals surface area contributed by atoms with E-state index >= 15 is 0 Å². The molecule has 0 fully saturated rings. The SMILES string of the molecule is CC=C(C(=O)Oc1c(F)c(F)c(F)c(F)c1F)c1ccoc1. The summed E-state index contributed by atoms with van der Waals surface area (Å²) in [5, 5.41) is 0. The van der Waals surface area contributed by atoms with Crippen LogP contribution in [-0.4, -0.2) is 5.97 Å². The van der Waals surface area contributed by atoms with Crippen molar-refractivity contribution in [2.45, 2.75) is 6.92 Å². The summed E-state index contributed by atoms with van der Waals surface area (Å²) in [5.41, 5.74) is 0.0501. The Hall–Kier alpha value is -2.64. The standard InChI is InChI=1S/C14H7F5O3/c1-2-7(6-3-4-21-5-6)14(20)22-13-11(18)9(16)8(15)10(17)12(13)19/h2-5H,1H3. The van der Waals surface area contributed by atoms with Crippen LogP contribution < -0.4 is 4.74 Å². The number of ether oxygens (including phenoxy) is 1. The second kappa shape index (κ2) is 6.00. The van der Waals surface area contributed by atoms with Crippen LogP contribution in [0.5, 0.6) is 5.75 Å². The maximum absolute atomic E-state index is 13.4. The molecule has 0 N–H and O–H groups in total. The van der Waals surface area contributed by atoms with Crippen LogP contribution in [0.3, 0.4) is 0 Å². The van der Waals surface area contributed by atoms with Crippen LogP contribution in [0, 0.1) is 29.1 Å². The molecule has 1 aromatic carbocycles. The molecule has 0 saturated carbocycles. The molecular formula is C14H7F5O3. The highest BCUT2D eigenvalue weighted by atomic mass is 19.2. The highest BCUT2D eigenvalue weighted by Gasteiger charge is 2.29. The summed E-state index contributed by atoms with van der Waals surface area (Å²) in [6.07, 6.45) is 3.61. The van der Waals surface area contributed by atoms with Crippen LogP contribution in [0.4, 0.5) is 22.0 Å². The maximum atomic E-state index is 13.4. The van der Waals surface area contributed by atoms with Crippen molar-refractivity contribution in [3.8, 4) is 5.75 Å². The largest absolute Gasteiger partial charge is 0.472 e. The minimum absolute atomic E-state index is 0.169.